The lowest BCUT2D eigenvalue weighted by Gasteiger charge is -2.08. The van der Waals surface area contributed by atoms with E-state index in [0.29, 0.717) is 0 Å². The minimum absolute atomic E-state index is 0.879. The van der Waals surface area contributed by atoms with Crippen LogP contribution in [0, 0.1) is 13.8 Å². The predicted molar refractivity (Wildman–Crippen MR) is 86.5 cm³/mol. The fourth-order valence-corrected chi connectivity index (χ4v) is 3.38. The lowest BCUT2D eigenvalue weighted by atomic mass is 10.0. The summed E-state index contributed by atoms with van der Waals surface area (Å²) in [6.45, 7) is 4.16. The molecule has 1 aliphatic rings. The van der Waals surface area contributed by atoms with E-state index in [0.717, 1.165) is 35.5 Å². The summed E-state index contributed by atoms with van der Waals surface area (Å²) in [7, 11) is 1.69. The standard InChI is InChI=1S/C18H19N3O/c1-11-9-14(22-3)7-8-15(11)17-12(2)20-21-10-13-5-4-6-16(13)19-18(17)21/h7-10H,4-6H2,1-3H3. The molecule has 2 heterocycles. The quantitative estimate of drug-likeness (QED) is 0.726. The number of rotatable bonds is 2. The van der Waals surface area contributed by atoms with Crippen LogP contribution in [0.4, 0.5) is 0 Å². The molecule has 1 aliphatic carbocycles. The van der Waals surface area contributed by atoms with Crippen molar-refractivity contribution >= 4 is 5.65 Å². The fraction of sp³-hybridized carbons (Fsp3) is 0.333. The summed E-state index contributed by atoms with van der Waals surface area (Å²) in [6.07, 6.45) is 5.55. The molecule has 4 rings (SSSR count). The molecule has 112 valence electrons. The highest BCUT2D eigenvalue weighted by molar-refractivity contribution is 5.82. The fourth-order valence-electron chi connectivity index (χ4n) is 3.38. The van der Waals surface area contributed by atoms with Crippen molar-refractivity contribution in [2.24, 2.45) is 0 Å². The largest absolute Gasteiger partial charge is 0.497 e. The second-order valence-electron chi connectivity index (χ2n) is 5.98. The first-order valence-corrected chi connectivity index (χ1v) is 7.70. The smallest absolute Gasteiger partial charge is 0.163 e. The molecule has 4 heteroatoms. The summed E-state index contributed by atoms with van der Waals surface area (Å²) >= 11 is 0. The molecule has 0 aliphatic heterocycles. The summed E-state index contributed by atoms with van der Waals surface area (Å²) in [6, 6.07) is 6.16. The molecule has 0 bridgehead atoms. The first-order valence-electron chi connectivity index (χ1n) is 7.70. The number of hydrogen-bond acceptors (Lipinski definition) is 3. The van der Waals surface area contributed by atoms with Crippen molar-refractivity contribution in [1.82, 2.24) is 14.6 Å². The molecule has 22 heavy (non-hydrogen) atoms. The summed E-state index contributed by atoms with van der Waals surface area (Å²) < 4.78 is 7.25. The molecule has 0 radical (unpaired) electrons. The van der Waals surface area contributed by atoms with Crippen molar-refractivity contribution in [3.63, 3.8) is 0 Å². The number of aromatic nitrogens is 3. The summed E-state index contributed by atoms with van der Waals surface area (Å²) in [4.78, 5) is 4.91. The van der Waals surface area contributed by atoms with Crippen LogP contribution in [-0.2, 0) is 12.8 Å². The molecule has 3 aromatic rings. The molecule has 0 unspecified atom stereocenters. The Labute approximate surface area is 129 Å². The number of fused-ring (bicyclic) bond motifs is 2. The maximum atomic E-state index is 5.31. The van der Waals surface area contributed by atoms with Crippen LogP contribution in [-0.4, -0.2) is 21.7 Å². The van der Waals surface area contributed by atoms with Gasteiger partial charge < -0.3 is 4.74 Å². The molecule has 0 spiro atoms. The van der Waals surface area contributed by atoms with E-state index in [9.17, 15) is 0 Å². The highest BCUT2D eigenvalue weighted by atomic mass is 16.5. The third-order valence-electron chi connectivity index (χ3n) is 4.51. The number of nitrogens with zero attached hydrogens (tertiary/aromatic N) is 3. The molecule has 4 nitrogen and oxygen atoms in total. The van der Waals surface area contributed by atoms with Gasteiger partial charge >= 0.3 is 0 Å². The van der Waals surface area contributed by atoms with Crippen LogP contribution in [0.5, 0.6) is 5.75 Å². The topological polar surface area (TPSA) is 39.4 Å². The molecular weight excluding hydrogens is 274 g/mol. The second-order valence-corrected chi connectivity index (χ2v) is 5.98. The Bertz CT molecular complexity index is 880. The summed E-state index contributed by atoms with van der Waals surface area (Å²) in [5.41, 5.74) is 8.05. The van der Waals surface area contributed by atoms with Crippen molar-refractivity contribution in [2.45, 2.75) is 33.1 Å². The molecular formula is C18H19N3O. The Morgan fingerprint density at radius 3 is 2.82 bits per heavy atom. The molecule has 0 atom stereocenters. The van der Waals surface area contributed by atoms with E-state index in [4.69, 9.17) is 9.72 Å². The lowest BCUT2D eigenvalue weighted by Crippen LogP contribution is -1.97. The third kappa shape index (κ3) is 1.90. The van der Waals surface area contributed by atoms with E-state index >= 15 is 0 Å². The van der Waals surface area contributed by atoms with Gasteiger partial charge in [-0.05, 0) is 61.9 Å². The minimum atomic E-state index is 0.879. The van der Waals surface area contributed by atoms with E-state index in [2.05, 4.69) is 37.3 Å². The van der Waals surface area contributed by atoms with Gasteiger partial charge in [0.25, 0.3) is 0 Å². The zero-order valence-electron chi connectivity index (χ0n) is 13.2. The van der Waals surface area contributed by atoms with Crippen LogP contribution < -0.4 is 4.74 Å². The van der Waals surface area contributed by atoms with Gasteiger partial charge in [-0.1, -0.05) is 6.07 Å². The van der Waals surface area contributed by atoms with E-state index in [1.165, 1.54) is 28.8 Å². The Hall–Kier alpha value is -2.36. The normalized spacial score (nSPS) is 13.6. The Morgan fingerprint density at radius 1 is 1.18 bits per heavy atom. The van der Waals surface area contributed by atoms with Gasteiger partial charge in [0.05, 0.1) is 12.8 Å². The van der Waals surface area contributed by atoms with Crippen molar-refractivity contribution in [3.8, 4) is 16.9 Å². The number of ether oxygens (including phenoxy) is 1. The van der Waals surface area contributed by atoms with Crippen LogP contribution in [0.1, 0.15) is 28.9 Å². The van der Waals surface area contributed by atoms with Gasteiger partial charge in [0.1, 0.15) is 5.75 Å². The molecule has 0 saturated heterocycles. The van der Waals surface area contributed by atoms with Gasteiger partial charge in [-0.15, -0.1) is 0 Å². The summed E-state index contributed by atoms with van der Waals surface area (Å²) in [5.74, 6) is 0.879. The number of benzene rings is 1. The van der Waals surface area contributed by atoms with Gasteiger partial charge in [0.2, 0.25) is 0 Å². The van der Waals surface area contributed by atoms with Crippen LogP contribution >= 0.6 is 0 Å². The zero-order valence-corrected chi connectivity index (χ0v) is 13.2. The molecule has 0 amide bonds. The molecule has 0 fully saturated rings. The predicted octanol–water partition coefficient (Wildman–Crippen LogP) is 3.51. The molecule has 2 aromatic heterocycles. The van der Waals surface area contributed by atoms with Gasteiger partial charge in [0, 0.05) is 17.5 Å². The average Bonchev–Trinajstić information content (AvgIpc) is 3.07. The van der Waals surface area contributed by atoms with Crippen molar-refractivity contribution in [3.05, 3.63) is 46.9 Å². The van der Waals surface area contributed by atoms with Crippen LogP contribution in [0.2, 0.25) is 0 Å². The first-order chi connectivity index (χ1) is 10.7. The van der Waals surface area contributed by atoms with E-state index in [1.54, 1.807) is 7.11 Å². The molecule has 1 aromatic carbocycles. The maximum Gasteiger partial charge on any atom is 0.163 e. The maximum absolute atomic E-state index is 5.31. The monoisotopic (exact) mass is 293 g/mol. The molecule has 0 N–H and O–H groups in total. The molecule has 0 saturated carbocycles. The number of aryl methyl sites for hydroxylation is 4. The second kappa shape index (κ2) is 4.83. The highest BCUT2D eigenvalue weighted by Gasteiger charge is 2.19. The number of hydrogen-bond donors (Lipinski definition) is 0. The Kier molecular flexibility index (Phi) is 2.93. The van der Waals surface area contributed by atoms with Crippen molar-refractivity contribution in [2.75, 3.05) is 7.11 Å². The lowest BCUT2D eigenvalue weighted by molar-refractivity contribution is 0.414. The van der Waals surface area contributed by atoms with Crippen LogP contribution in [0.3, 0.4) is 0 Å². The van der Waals surface area contributed by atoms with Gasteiger partial charge in [-0.3, -0.25) is 0 Å². The minimum Gasteiger partial charge on any atom is -0.497 e. The Morgan fingerprint density at radius 2 is 2.05 bits per heavy atom. The van der Waals surface area contributed by atoms with Crippen LogP contribution in [0.25, 0.3) is 16.8 Å². The highest BCUT2D eigenvalue weighted by Crippen LogP contribution is 2.33. The van der Waals surface area contributed by atoms with E-state index in [1.807, 2.05) is 10.6 Å². The van der Waals surface area contributed by atoms with Crippen LogP contribution in [0.15, 0.2) is 24.4 Å². The Balaban J connectivity index is 1.96. The third-order valence-corrected chi connectivity index (χ3v) is 4.51. The van der Waals surface area contributed by atoms with Gasteiger partial charge in [-0.25, -0.2) is 9.50 Å². The van der Waals surface area contributed by atoms with Crippen molar-refractivity contribution < 1.29 is 4.74 Å². The SMILES string of the molecule is COc1ccc(-c2c(C)nn3cc4c(nc23)CCC4)c(C)c1. The van der Waals surface area contributed by atoms with Gasteiger partial charge in [0.15, 0.2) is 5.65 Å². The van der Waals surface area contributed by atoms with Crippen molar-refractivity contribution in [1.29, 1.82) is 0 Å². The van der Waals surface area contributed by atoms with E-state index in [-0.39, 0.29) is 0 Å². The zero-order chi connectivity index (χ0) is 15.3. The van der Waals surface area contributed by atoms with Gasteiger partial charge in [-0.2, -0.15) is 5.10 Å². The summed E-state index contributed by atoms with van der Waals surface area (Å²) in [5, 5.41) is 4.67. The number of methoxy groups -OCH3 is 1. The van der Waals surface area contributed by atoms with E-state index < -0.39 is 0 Å². The average molecular weight is 293 g/mol. The first kappa shape index (κ1) is 13.3.